The number of para-hydroxylation sites is 2. The number of hydrogen-bond donors (Lipinski definition) is 0. The van der Waals surface area contributed by atoms with Crippen molar-refractivity contribution >= 4 is 87.1 Å². The molecule has 0 spiro atoms. The van der Waals surface area contributed by atoms with E-state index < -0.39 is 0 Å². The molecule has 0 saturated heterocycles. The Morgan fingerprint density at radius 2 is 0.644 bits per heavy atom. The molecule has 59 heavy (non-hydrogen) atoms. The molecule has 3 heteroatoms. The maximum absolute atomic E-state index is 7.08. The van der Waals surface area contributed by atoms with Crippen molar-refractivity contribution in [3.05, 3.63) is 206 Å². The van der Waals surface area contributed by atoms with Gasteiger partial charge in [0.25, 0.3) is 0 Å². The van der Waals surface area contributed by atoms with Crippen LogP contribution in [0.4, 0.5) is 0 Å². The van der Waals surface area contributed by atoms with Gasteiger partial charge in [0.2, 0.25) is 0 Å². The van der Waals surface area contributed by atoms with E-state index in [2.05, 4.69) is 215 Å². The minimum Gasteiger partial charge on any atom is -0.456 e. The van der Waals surface area contributed by atoms with Crippen LogP contribution in [0.25, 0.3) is 121 Å². The van der Waals surface area contributed by atoms with Crippen LogP contribution in [-0.2, 0) is 0 Å². The molecule has 0 saturated carbocycles. The van der Waals surface area contributed by atoms with Crippen LogP contribution < -0.4 is 0 Å². The maximum Gasteiger partial charge on any atom is 0.136 e. The van der Waals surface area contributed by atoms with Crippen LogP contribution in [0.5, 0.6) is 0 Å². The van der Waals surface area contributed by atoms with Crippen LogP contribution in [0.2, 0.25) is 0 Å². The predicted octanol–water partition coefficient (Wildman–Crippen LogP) is 15.4. The van der Waals surface area contributed by atoms with Gasteiger partial charge in [-0.2, -0.15) is 0 Å². The second kappa shape index (κ2) is 12.3. The Hall–Kier alpha value is -7.88. The van der Waals surface area contributed by atoms with Crippen LogP contribution in [0.3, 0.4) is 0 Å². The standard InChI is InChI=1S/C56H34N2O/c1-3-13-35(14-4-1)37-25-27-41-39-17-7-9-23-47(39)57(51(41)33-37)49-29-31-53-55-43(19-11-21-45(49)55)44-20-12-22-46-50(30-32-54(59-53)56(44)46)58-48-24-10-8-18-40(48)42-28-26-38(34-52(42)58)36-15-5-2-6-16-36/h1-34H. The molecule has 0 amide bonds. The first-order valence-corrected chi connectivity index (χ1v) is 20.3. The van der Waals surface area contributed by atoms with Crippen LogP contribution in [0.1, 0.15) is 0 Å². The third kappa shape index (κ3) is 4.64. The molecular formula is C56H34N2O. The number of rotatable bonds is 4. The SMILES string of the molecule is c1ccc(-c2ccc3c4ccccc4n(-c4ccc5oc6ccc(-n7c8ccccc8c8ccc(-c9ccccc9)cc87)c7cccc(c8cccc4c58)c67)c3c2)cc1. The van der Waals surface area contributed by atoms with E-state index in [4.69, 9.17) is 4.42 Å². The van der Waals surface area contributed by atoms with E-state index in [0.717, 1.165) is 44.1 Å². The highest BCUT2D eigenvalue weighted by atomic mass is 16.3. The van der Waals surface area contributed by atoms with E-state index in [1.807, 2.05) is 0 Å². The minimum absolute atomic E-state index is 0.861. The molecule has 0 radical (unpaired) electrons. The lowest BCUT2D eigenvalue weighted by atomic mass is 9.98. The van der Waals surface area contributed by atoms with Crippen LogP contribution in [0, 0.1) is 0 Å². The van der Waals surface area contributed by atoms with Gasteiger partial charge >= 0.3 is 0 Å². The number of hydrogen-bond acceptors (Lipinski definition) is 1. The highest BCUT2D eigenvalue weighted by Crippen LogP contribution is 2.44. The molecule has 3 heterocycles. The molecule has 13 aromatic rings. The first kappa shape index (κ1) is 32.2. The second-order valence-electron chi connectivity index (χ2n) is 15.6. The number of nitrogens with zero attached hydrogens (tertiary/aromatic N) is 2. The van der Waals surface area contributed by atoms with Crippen molar-refractivity contribution in [3.8, 4) is 33.6 Å². The molecule has 274 valence electrons. The zero-order chi connectivity index (χ0) is 38.6. The molecule has 0 bridgehead atoms. The first-order chi connectivity index (χ1) is 29.3. The van der Waals surface area contributed by atoms with Crippen molar-refractivity contribution in [2.45, 2.75) is 0 Å². The highest BCUT2D eigenvalue weighted by Gasteiger charge is 2.21. The molecule has 0 fully saturated rings. The third-order valence-corrected chi connectivity index (χ3v) is 12.5. The third-order valence-electron chi connectivity index (χ3n) is 12.5. The second-order valence-corrected chi connectivity index (χ2v) is 15.6. The van der Waals surface area contributed by atoms with Crippen LogP contribution in [0.15, 0.2) is 211 Å². The van der Waals surface area contributed by atoms with E-state index in [1.165, 1.54) is 76.6 Å². The summed E-state index contributed by atoms with van der Waals surface area (Å²) in [6.07, 6.45) is 0. The summed E-state index contributed by atoms with van der Waals surface area (Å²) in [7, 11) is 0. The molecule has 0 N–H and O–H groups in total. The lowest BCUT2D eigenvalue weighted by molar-refractivity contribution is 0.664. The van der Waals surface area contributed by atoms with E-state index in [0.29, 0.717) is 0 Å². The first-order valence-electron chi connectivity index (χ1n) is 20.3. The molecule has 10 aromatic carbocycles. The summed E-state index contributed by atoms with van der Waals surface area (Å²) in [5.41, 5.74) is 13.5. The van der Waals surface area contributed by atoms with Crippen molar-refractivity contribution < 1.29 is 4.42 Å². The average molecular weight is 751 g/mol. The van der Waals surface area contributed by atoms with Crippen molar-refractivity contribution in [2.75, 3.05) is 0 Å². The van der Waals surface area contributed by atoms with Gasteiger partial charge in [0.05, 0.1) is 33.4 Å². The zero-order valence-corrected chi connectivity index (χ0v) is 31.9. The van der Waals surface area contributed by atoms with E-state index >= 15 is 0 Å². The summed E-state index contributed by atoms with van der Waals surface area (Å²) < 4.78 is 12.0. The van der Waals surface area contributed by atoms with Crippen molar-refractivity contribution in [2.24, 2.45) is 0 Å². The number of fused-ring (bicyclic) bond motifs is 7. The summed E-state index contributed by atoms with van der Waals surface area (Å²) >= 11 is 0. The van der Waals surface area contributed by atoms with Gasteiger partial charge in [-0.1, -0.05) is 158 Å². The Balaban J connectivity index is 1.10. The lowest BCUT2D eigenvalue weighted by Gasteiger charge is -2.14. The molecule has 13 rings (SSSR count). The molecule has 0 aliphatic carbocycles. The highest BCUT2D eigenvalue weighted by molar-refractivity contribution is 6.26. The topological polar surface area (TPSA) is 23.0 Å². The van der Waals surface area contributed by atoms with E-state index in [-0.39, 0.29) is 0 Å². The lowest BCUT2D eigenvalue weighted by Crippen LogP contribution is -1.96. The molecule has 0 atom stereocenters. The summed E-state index contributed by atoms with van der Waals surface area (Å²) in [4.78, 5) is 0. The van der Waals surface area contributed by atoms with Gasteiger partial charge in [0.15, 0.2) is 0 Å². The summed E-state index contributed by atoms with van der Waals surface area (Å²) in [6.45, 7) is 0. The Labute approximate surface area is 339 Å². The van der Waals surface area contributed by atoms with E-state index in [1.54, 1.807) is 0 Å². The Bertz CT molecular complexity index is 3580. The fourth-order valence-electron chi connectivity index (χ4n) is 9.93. The number of benzene rings is 10. The van der Waals surface area contributed by atoms with E-state index in [9.17, 15) is 0 Å². The molecule has 3 nitrogen and oxygen atoms in total. The van der Waals surface area contributed by atoms with Gasteiger partial charge in [0, 0.05) is 43.1 Å². The zero-order valence-electron chi connectivity index (χ0n) is 31.9. The van der Waals surface area contributed by atoms with Gasteiger partial charge in [-0.3, -0.25) is 0 Å². The molecule has 0 unspecified atom stereocenters. The quantitative estimate of drug-likeness (QED) is 0.176. The van der Waals surface area contributed by atoms with Crippen molar-refractivity contribution in [1.29, 1.82) is 0 Å². The van der Waals surface area contributed by atoms with Gasteiger partial charge in [0.1, 0.15) is 11.2 Å². The average Bonchev–Trinajstić information content (AvgIpc) is 3.76. The number of aromatic nitrogens is 2. The molecule has 0 aliphatic heterocycles. The fraction of sp³-hybridized carbons (Fsp3) is 0. The van der Waals surface area contributed by atoms with Crippen molar-refractivity contribution in [3.63, 3.8) is 0 Å². The summed E-state index contributed by atoms with van der Waals surface area (Å²) in [6, 6.07) is 74.9. The van der Waals surface area contributed by atoms with Crippen LogP contribution in [-0.4, -0.2) is 9.13 Å². The van der Waals surface area contributed by atoms with Gasteiger partial charge in [-0.25, -0.2) is 0 Å². The Morgan fingerprint density at radius 1 is 0.254 bits per heavy atom. The largest absolute Gasteiger partial charge is 0.456 e. The Morgan fingerprint density at radius 3 is 1.12 bits per heavy atom. The van der Waals surface area contributed by atoms with Crippen molar-refractivity contribution in [1.82, 2.24) is 9.13 Å². The Kier molecular flexibility index (Phi) is 6.72. The summed E-state index contributed by atoms with van der Waals surface area (Å²) in [5.74, 6) is 0. The predicted molar refractivity (Wildman–Crippen MR) is 248 cm³/mol. The monoisotopic (exact) mass is 750 g/mol. The summed E-state index contributed by atoms with van der Waals surface area (Å²) in [5, 5.41) is 11.8. The fourth-order valence-corrected chi connectivity index (χ4v) is 9.93. The van der Waals surface area contributed by atoms with Crippen LogP contribution >= 0.6 is 0 Å². The van der Waals surface area contributed by atoms with Gasteiger partial charge < -0.3 is 13.6 Å². The maximum atomic E-state index is 7.08. The molecule has 0 aliphatic rings. The van der Waals surface area contributed by atoms with Gasteiger partial charge in [-0.15, -0.1) is 0 Å². The minimum atomic E-state index is 0.861. The smallest absolute Gasteiger partial charge is 0.136 e. The normalized spacial score (nSPS) is 12.1. The van der Waals surface area contributed by atoms with Gasteiger partial charge in [-0.05, 0) is 81.6 Å². The molecule has 3 aromatic heterocycles. The molecular weight excluding hydrogens is 717 g/mol.